The minimum atomic E-state index is 0.233. The second kappa shape index (κ2) is 9.57. The van der Waals surface area contributed by atoms with Crippen molar-refractivity contribution in [2.75, 3.05) is 38.2 Å². The number of fused-ring (bicyclic) bond motifs is 1. The number of carbonyl (C=O) groups is 1. The summed E-state index contributed by atoms with van der Waals surface area (Å²) < 4.78 is 11.2. The van der Waals surface area contributed by atoms with E-state index in [1.165, 1.54) is 11.3 Å². The maximum atomic E-state index is 12.9. The molecular weight excluding hydrogens is 416 g/mol. The molecule has 1 aromatic heterocycles. The highest BCUT2D eigenvalue weighted by Gasteiger charge is 2.29. The third-order valence-corrected chi connectivity index (χ3v) is 6.64. The van der Waals surface area contributed by atoms with E-state index in [1.807, 2.05) is 29.2 Å². The van der Waals surface area contributed by atoms with E-state index in [0.29, 0.717) is 24.5 Å². The normalized spacial score (nSPS) is 17.3. The maximum Gasteiger partial charge on any atom is 0.224 e. The Hall–Kier alpha value is -3.48. The van der Waals surface area contributed by atoms with Gasteiger partial charge in [-0.1, -0.05) is 30.3 Å². The lowest BCUT2D eigenvalue weighted by Crippen LogP contribution is -2.32. The van der Waals surface area contributed by atoms with Crippen LogP contribution >= 0.6 is 0 Å². The van der Waals surface area contributed by atoms with Gasteiger partial charge in [0.25, 0.3) is 0 Å². The Balaban J connectivity index is 1.12. The summed E-state index contributed by atoms with van der Waals surface area (Å²) in [5.41, 5.74) is 4.57. The maximum absolute atomic E-state index is 12.9. The molecule has 0 aliphatic carbocycles. The molecule has 7 heteroatoms. The van der Waals surface area contributed by atoms with Crippen LogP contribution in [-0.2, 0) is 17.8 Å². The number of aromatic nitrogens is 2. The number of carbonyl (C=O) groups excluding carboxylic acids is 1. The highest BCUT2D eigenvalue weighted by molar-refractivity contribution is 5.77. The molecule has 0 bridgehead atoms. The number of hydrogen-bond acceptors (Lipinski definition) is 5. The summed E-state index contributed by atoms with van der Waals surface area (Å²) in [7, 11) is 1.63. The minimum Gasteiger partial charge on any atom is -0.493 e. The average Bonchev–Trinajstić information content (AvgIpc) is 3.61. The third kappa shape index (κ3) is 4.67. The number of rotatable bonds is 8. The van der Waals surface area contributed by atoms with Crippen molar-refractivity contribution in [3.8, 4) is 11.5 Å². The number of methoxy groups -OCH3 is 1. The molecule has 3 heterocycles. The number of H-pyrrole nitrogens is 1. The Labute approximate surface area is 194 Å². The van der Waals surface area contributed by atoms with Gasteiger partial charge in [0.15, 0.2) is 11.5 Å². The zero-order valence-electron chi connectivity index (χ0n) is 19.0. The number of aromatic amines is 1. The van der Waals surface area contributed by atoms with Crippen LogP contribution in [0.3, 0.4) is 0 Å². The summed E-state index contributed by atoms with van der Waals surface area (Å²) in [5, 5.41) is 7.58. The molecule has 1 saturated heterocycles. The van der Waals surface area contributed by atoms with Crippen LogP contribution in [0.5, 0.6) is 11.5 Å². The molecule has 0 radical (unpaired) electrons. The first kappa shape index (κ1) is 21.4. The van der Waals surface area contributed by atoms with Crippen molar-refractivity contribution in [1.29, 1.82) is 0 Å². The topological polar surface area (TPSA) is 70.7 Å². The summed E-state index contributed by atoms with van der Waals surface area (Å²) in [6.07, 6.45) is 2.56. The molecule has 0 spiro atoms. The fraction of sp³-hybridized carbons (Fsp3) is 0.385. The minimum absolute atomic E-state index is 0.233. The second-order valence-electron chi connectivity index (χ2n) is 8.70. The SMILES string of the molecule is COc1ccccc1OCc1cc(C2CCN(C(=O)CCN3CCc4ccccc43)C2)n[nH]1. The third-order valence-electron chi connectivity index (χ3n) is 6.64. The molecule has 1 fully saturated rings. The van der Waals surface area contributed by atoms with Gasteiger partial charge in [-0.05, 0) is 42.7 Å². The van der Waals surface area contributed by atoms with Crippen LogP contribution in [0.2, 0.25) is 0 Å². The highest BCUT2D eigenvalue weighted by Crippen LogP contribution is 2.30. The summed E-state index contributed by atoms with van der Waals surface area (Å²) in [6, 6.07) is 18.1. The summed E-state index contributed by atoms with van der Waals surface area (Å²) in [5.74, 6) is 1.91. The van der Waals surface area contributed by atoms with Gasteiger partial charge in [0, 0.05) is 44.2 Å². The number of benzene rings is 2. The van der Waals surface area contributed by atoms with E-state index in [0.717, 1.165) is 50.4 Å². The van der Waals surface area contributed by atoms with Crippen LogP contribution in [0.1, 0.15) is 35.7 Å². The van der Waals surface area contributed by atoms with E-state index in [4.69, 9.17) is 9.47 Å². The van der Waals surface area contributed by atoms with Crippen LogP contribution < -0.4 is 14.4 Å². The van der Waals surface area contributed by atoms with Crippen molar-refractivity contribution in [2.45, 2.75) is 31.8 Å². The number of amides is 1. The Morgan fingerprint density at radius 2 is 1.94 bits per heavy atom. The average molecular weight is 447 g/mol. The van der Waals surface area contributed by atoms with Gasteiger partial charge in [0.05, 0.1) is 18.5 Å². The molecular formula is C26H30N4O3. The monoisotopic (exact) mass is 446 g/mol. The van der Waals surface area contributed by atoms with Crippen molar-refractivity contribution in [3.63, 3.8) is 0 Å². The van der Waals surface area contributed by atoms with Gasteiger partial charge in [-0.15, -0.1) is 0 Å². The predicted octanol–water partition coefficient (Wildman–Crippen LogP) is 3.77. The van der Waals surface area contributed by atoms with Crippen LogP contribution in [-0.4, -0.2) is 54.3 Å². The largest absolute Gasteiger partial charge is 0.493 e. The zero-order chi connectivity index (χ0) is 22.6. The first-order valence-corrected chi connectivity index (χ1v) is 11.6. The Morgan fingerprint density at radius 3 is 2.82 bits per heavy atom. The van der Waals surface area contributed by atoms with Gasteiger partial charge in [-0.25, -0.2) is 0 Å². The van der Waals surface area contributed by atoms with E-state index in [-0.39, 0.29) is 11.8 Å². The van der Waals surface area contributed by atoms with Crippen molar-refractivity contribution < 1.29 is 14.3 Å². The standard InChI is InChI=1S/C26H30N4O3/c1-32-24-8-4-5-9-25(24)33-18-21-16-22(28-27-21)20-11-14-30(17-20)26(31)12-15-29-13-10-19-6-2-3-7-23(19)29/h2-9,16,20H,10-15,17-18H2,1H3,(H,27,28). The number of ether oxygens (including phenoxy) is 2. The molecule has 1 unspecified atom stereocenters. The number of likely N-dealkylation sites (tertiary alicyclic amines) is 1. The van der Waals surface area contributed by atoms with Gasteiger partial charge in [-0.3, -0.25) is 9.89 Å². The number of nitrogens with one attached hydrogen (secondary N) is 1. The Kier molecular flexibility index (Phi) is 6.19. The number of anilines is 1. The molecule has 2 aliphatic heterocycles. The highest BCUT2D eigenvalue weighted by atomic mass is 16.5. The predicted molar refractivity (Wildman–Crippen MR) is 127 cm³/mol. The summed E-state index contributed by atoms with van der Waals surface area (Å²) >= 11 is 0. The molecule has 1 atom stereocenters. The lowest BCUT2D eigenvalue weighted by atomic mass is 10.1. The molecule has 7 nitrogen and oxygen atoms in total. The number of hydrogen-bond donors (Lipinski definition) is 1. The molecule has 33 heavy (non-hydrogen) atoms. The Bertz CT molecular complexity index is 1110. The van der Waals surface area contributed by atoms with E-state index < -0.39 is 0 Å². The molecule has 2 aromatic carbocycles. The fourth-order valence-electron chi connectivity index (χ4n) is 4.81. The van der Waals surface area contributed by atoms with Gasteiger partial charge in [0.2, 0.25) is 5.91 Å². The summed E-state index contributed by atoms with van der Waals surface area (Å²) in [4.78, 5) is 17.2. The van der Waals surface area contributed by atoms with E-state index in [1.54, 1.807) is 7.11 Å². The molecule has 1 amide bonds. The second-order valence-corrected chi connectivity index (χ2v) is 8.70. The van der Waals surface area contributed by atoms with Gasteiger partial charge >= 0.3 is 0 Å². The van der Waals surface area contributed by atoms with Gasteiger partial charge < -0.3 is 19.3 Å². The van der Waals surface area contributed by atoms with E-state index in [2.05, 4.69) is 45.4 Å². The fourth-order valence-corrected chi connectivity index (χ4v) is 4.81. The van der Waals surface area contributed by atoms with Crippen molar-refractivity contribution in [3.05, 3.63) is 71.5 Å². The molecule has 172 valence electrons. The van der Waals surface area contributed by atoms with Crippen LogP contribution in [0.25, 0.3) is 0 Å². The first-order chi connectivity index (χ1) is 16.2. The molecule has 3 aromatic rings. The lowest BCUT2D eigenvalue weighted by Gasteiger charge is -2.21. The number of nitrogens with zero attached hydrogens (tertiary/aromatic N) is 3. The van der Waals surface area contributed by atoms with Crippen LogP contribution in [0.15, 0.2) is 54.6 Å². The lowest BCUT2D eigenvalue weighted by molar-refractivity contribution is -0.129. The van der Waals surface area contributed by atoms with Crippen molar-refractivity contribution in [1.82, 2.24) is 15.1 Å². The number of para-hydroxylation sites is 3. The van der Waals surface area contributed by atoms with Gasteiger partial charge in [0.1, 0.15) is 6.61 Å². The van der Waals surface area contributed by atoms with Crippen LogP contribution in [0, 0.1) is 0 Å². The van der Waals surface area contributed by atoms with E-state index >= 15 is 0 Å². The molecule has 2 aliphatic rings. The molecule has 0 saturated carbocycles. The molecule has 5 rings (SSSR count). The zero-order valence-corrected chi connectivity index (χ0v) is 19.0. The van der Waals surface area contributed by atoms with Crippen LogP contribution in [0.4, 0.5) is 5.69 Å². The smallest absolute Gasteiger partial charge is 0.224 e. The first-order valence-electron chi connectivity index (χ1n) is 11.6. The summed E-state index contributed by atoms with van der Waals surface area (Å²) in [6.45, 7) is 3.69. The van der Waals surface area contributed by atoms with E-state index in [9.17, 15) is 4.79 Å². The quantitative estimate of drug-likeness (QED) is 0.571. The Morgan fingerprint density at radius 1 is 1.12 bits per heavy atom. The molecule has 1 N–H and O–H groups in total. The van der Waals surface area contributed by atoms with Crippen molar-refractivity contribution >= 4 is 11.6 Å². The van der Waals surface area contributed by atoms with Gasteiger partial charge in [-0.2, -0.15) is 5.10 Å². The van der Waals surface area contributed by atoms with Crippen molar-refractivity contribution in [2.24, 2.45) is 0 Å².